The van der Waals surface area contributed by atoms with Crippen LogP contribution in [-0.2, 0) is 6.42 Å². The second-order valence-corrected chi connectivity index (χ2v) is 8.46. The van der Waals surface area contributed by atoms with Crippen LogP contribution in [0, 0.1) is 23.0 Å². The van der Waals surface area contributed by atoms with Gasteiger partial charge in [-0.3, -0.25) is 19.3 Å². The van der Waals surface area contributed by atoms with Crippen LogP contribution in [0.5, 0.6) is 5.75 Å². The first kappa shape index (κ1) is 21.6. The highest BCUT2D eigenvalue weighted by molar-refractivity contribution is 5.96. The van der Waals surface area contributed by atoms with Crippen molar-refractivity contribution in [3.63, 3.8) is 0 Å². The van der Waals surface area contributed by atoms with Crippen molar-refractivity contribution in [1.29, 1.82) is 5.26 Å². The fourth-order valence-corrected chi connectivity index (χ4v) is 4.99. The monoisotopic (exact) mass is 462 g/mol. The Labute approximate surface area is 193 Å². The Hall–Kier alpha value is -4.19. The summed E-state index contributed by atoms with van der Waals surface area (Å²) in [5.41, 5.74) is 0.945. The van der Waals surface area contributed by atoms with Crippen molar-refractivity contribution >= 4 is 5.91 Å². The number of carbonyl (C=O) groups excluding carboxylic acids is 1. The molecule has 0 saturated carbocycles. The Morgan fingerprint density at radius 1 is 1.09 bits per heavy atom. The van der Waals surface area contributed by atoms with Crippen LogP contribution in [0.15, 0.2) is 53.5 Å². The van der Waals surface area contributed by atoms with Crippen LogP contribution < -0.4 is 10.4 Å². The first-order valence-electron chi connectivity index (χ1n) is 10.8. The van der Waals surface area contributed by atoms with Gasteiger partial charge in [-0.05, 0) is 54.2 Å². The molecule has 2 aliphatic rings. The Balaban J connectivity index is 1.89. The summed E-state index contributed by atoms with van der Waals surface area (Å²) < 4.78 is 30.2. The standard InChI is InChI=1S/C25H20F2N4O3/c1-29-21-8-4-6-14-11-18(26)19(27)12-17(14)22(16-7-3-2-5-15(16)13-28)31(21)30-10-9-20(32)24(33)23(30)25(29)34/h2-3,5,7,9-12,21-22,33H,4,6,8H2,1H3/t21-,22+/m0/s1. The molecule has 0 saturated heterocycles. The Morgan fingerprint density at radius 3 is 2.59 bits per heavy atom. The van der Waals surface area contributed by atoms with Crippen molar-refractivity contribution in [2.75, 3.05) is 12.1 Å². The number of carbonyl (C=O) groups is 1. The van der Waals surface area contributed by atoms with E-state index in [0.717, 1.165) is 12.1 Å². The van der Waals surface area contributed by atoms with Crippen LogP contribution in [0.3, 0.4) is 0 Å². The zero-order chi connectivity index (χ0) is 24.1. The van der Waals surface area contributed by atoms with Gasteiger partial charge in [0.05, 0.1) is 17.7 Å². The lowest BCUT2D eigenvalue weighted by atomic mass is 9.86. The number of halogens is 2. The minimum atomic E-state index is -1.03. The third kappa shape index (κ3) is 3.14. The van der Waals surface area contributed by atoms with Gasteiger partial charge in [-0.1, -0.05) is 18.2 Å². The van der Waals surface area contributed by atoms with Crippen molar-refractivity contribution in [3.8, 4) is 11.8 Å². The topological polar surface area (TPSA) is 89.6 Å². The van der Waals surface area contributed by atoms with Gasteiger partial charge in [-0.15, -0.1) is 0 Å². The van der Waals surface area contributed by atoms with Crippen molar-refractivity contribution in [1.82, 2.24) is 9.58 Å². The van der Waals surface area contributed by atoms with Crippen LogP contribution in [0.1, 0.15) is 51.6 Å². The van der Waals surface area contributed by atoms with E-state index in [1.807, 2.05) is 0 Å². The predicted octanol–water partition coefficient (Wildman–Crippen LogP) is 3.18. The number of nitrogens with zero attached hydrogens (tertiary/aromatic N) is 4. The van der Waals surface area contributed by atoms with Gasteiger partial charge >= 0.3 is 0 Å². The average Bonchev–Trinajstić information content (AvgIpc) is 2.82. The van der Waals surface area contributed by atoms with E-state index in [0.29, 0.717) is 41.5 Å². The molecule has 2 aliphatic heterocycles. The number of pyridine rings is 1. The lowest BCUT2D eigenvalue weighted by molar-refractivity contribution is 0.0600. The van der Waals surface area contributed by atoms with Gasteiger partial charge in [0.2, 0.25) is 5.43 Å². The largest absolute Gasteiger partial charge is 0.502 e. The number of fused-ring (bicyclic) bond motifs is 4. The average molecular weight is 462 g/mol. The Morgan fingerprint density at radius 2 is 1.82 bits per heavy atom. The van der Waals surface area contributed by atoms with E-state index in [9.17, 15) is 28.7 Å². The first-order valence-corrected chi connectivity index (χ1v) is 10.8. The number of rotatable bonds is 1. The van der Waals surface area contributed by atoms with Crippen LogP contribution in [0.2, 0.25) is 0 Å². The lowest BCUT2D eigenvalue weighted by Crippen LogP contribution is -2.61. The van der Waals surface area contributed by atoms with E-state index in [1.165, 1.54) is 21.8 Å². The highest BCUT2D eigenvalue weighted by atomic mass is 19.2. The summed E-state index contributed by atoms with van der Waals surface area (Å²) >= 11 is 0. The molecule has 5 rings (SSSR count). The molecule has 0 fully saturated rings. The maximum Gasteiger partial charge on any atom is 0.277 e. The van der Waals surface area contributed by atoms with E-state index >= 15 is 0 Å². The third-order valence-electron chi connectivity index (χ3n) is 6.60. The molecule has 172 valence electrons. The minimum Gasteiger partial charge on any atom is -0.502 e. The molecule has 3 aromatic rings. The summed E-state index contributed by atoms with van der Waals surface area (Å²) in [5.74, 6) is -3.22. The van der Waals surface area contributed by atoms with E-state index in [1.54, 1.807) is 36.3 Å². The normalized spacial score (nSPS) is 19.4. The highest BCUT2D eigenvalue weighted by Gasteiger charge is 2.43. The summed E-state index contributed by atoms with van der Waals surface area (Å²) in [4.78, 5) is 26.8. The van der Waals surface area contributed by atoms with E-state index in [-0.39, 0.29) is 5.69 Å². The van der Waals surface area contributed by atoms with Crippen molar-refractivity contribution in [2.24, 2.45) is 0 Å². The summed E-state index contributed by atoms with van der Waals surface area (Å²) in [6, 6.07) is 11.6. The van der Waals surface area contributed by atoms with E-state index < -0.39 is 40.9 Å². The summed E-state index contributed by atoms with van der Waals surface area (Å²) in [6.45, 7) is 0. The molecule has 34 heavy (non-hydrogen) atoms. The van der Waals surface area contributed by atoms with E-state index in [2.05, 4.69) is 6.07 Å². The summed E-state index contributed by atoms with van der Waals surface area (Å²) in [5, 5.41) is 22.1. The van der Waals surface area contributed by atoms with E-state index in [4.69, 9.17) is 0 Å². The number of nitriles is 1. The number of hydrogen-bond donors (Lipinski definition) is 1. The molecule has 0 aliphatic carbocycles. The quantitative estimate of drug-likeness (QED) is 0.600. The molecule has 1 amide bonds. The van der Waals surface area contributed by atoms with Crippen molar-refractivity contribution in [3.05, 3.63) is 98.5 Å². The van der Waals surface area contributed by atoms with Crippen molar-refractivity contribution in [2.45, 2.75) is 31.5 Å². The molecule has 3 heterocycles. The van der Waals surface area contributed by atoms with Crippen LogP contribution in [0.4, 0.5) is 8.78 Å². The molecule has 7 nitrogen and oxygen atoms in total. The van der Waals surface area contributed by atoms with Gasteiger partial charge in [-0.2, -0.15) is 5.26 Å². The Bertz CT molecular complexity index is 1430. The summed E-state index contributed by atoms with van der Waals surface area (Å²) in [6.07, 6.45) is 2.36. The zero-order valence-electron chi connectivity index (χ0n) is 18.2. The molecule has 0 bridgehead atoms. The second-order valence-electron chi connectivity index (χ2n) is 8.46. The fraction of sp³-hybridized carbons (Fsp3) is 0.240. The highest BCUT2D eigenvalue weighted by Crippen LogP contribution is 2.40. The maximum atomic E-state index is 14.6. The molecule has 2 atom stereocenters. The molecule has 1 aromatic heterocycles. The Kier molecular flexibility index (Phi) is 5.09. The molecule has 1 N–H and O–H groups in total. The number of benzene rings is 2. The molecular weight excluding hydrogens is 442 g/mol. The van der Waals surface area contributed by atoms with Gasteiger partial charge in [0.25, 0.3) is 5.91 Å². The molecule has 0 unspecified atom stereocenters. The van der Waals surface area contributed by atoms with Crippen molar-refractivity contribution < 1.29 is 18.7 Å². The second kappa shape index (κ2) is 7.99. The SMILES string of the molecule is CN1C(=O)c2c(O)c(=O)ccn2N2[C@H](c3ccccc3C#N)c3cc(F)c(F)cc3CCC[C@@H]12. The van der Waals surface area contributed by atoms with Gasteiger partial charge in [0, 0.05) is 19.3 Å². The minimum absolute atomic E-state index is 0.226. The fourth-order valence-electron chi connectivity index (χ4n) is 4.99. The maximum absolute atomic E-state index is 14.6. The number of aromatic nitrogens is 1. The number of aryl methyl sites for hydroxylation is 1. The molecular formula is C25H20F2N4O3. The number of amides is 1. The third-order valence-corrected chi connectivity index (χ3v) is 6.60. The zero-order valence-corrected chi connectivity index (χ0v) is 18.2. The molecule has 0 spiro atoms. The molecule has 2 aromatic carbocycles. The number of hydrogen-bond acceptors (Lipinski definition) is 5. The van der Waals surface area contributed by atoms with Gasteiger partial charge in [0.1, 0.15) is 6.17 Å². The van der Waals surface area contributed by atoms with Gasteiger partial charge in [-0.25, -0.2) is 8.78 Å². The molecule has 9 heteroatoms. The number of aromatic hydroxyl groups is 1. The lowest BCUT2D eigenvalue weighted by Gasteiger charge is -2.50. The van der Waals surface area contributed by atoms with Crippen LogP contribution in [-0.4, -0.2) is 33.8 Å². The van der Waals surface area contributed by atoms with Crippen LogP contribution >= 0.6 is 0 Å². The molecule has 0 radical (unpaired) electrons. The smallest absolute Gasteiger partial charge is 0.277 e. The van der Waals surface area contributed by atoms with Crippen LogP contribution in [0.25, 0.3) is 0 Å². The summed E-state index contributed by atoms with van der Waals surface area (Å²) in [7, 11) is 1.57. The van der Waals surface area contributed by atoms with Gasteiger partial charge in [0.15, 0.2) is 23.1 Å². The predicted molar refractivity (Wildman–Crippen MR) is 119 cm³/mol. The van der Waals surface area contributed by atoms with Gasteiger partial charge < -0.3 is 10.0 Å². The first-order chi connectivity index (χ1) is 16.3.